The number of aliphatic hydroxyl groups excluding tert-OH is 1. The van der Waals surface area contributed by atoms with E-state index in [1.54, 1.807) is 32.0 Å². The predicted octanol–water partition coefficient (Wildman–Crippen LogP) is 1.80. The number of nitro benzene ring substituents is 1. The Morgan fingerprint density at radius 2 is 2.15 bits per heavy atom. The van der Waals surface area contributed by atoms with Gasteiger partial charge in [0.05, 0.1) is 23.7 Å². The third kappa shape index (κ3) is 4.67. The van der Waals surface area contributed by atoms with Crippen LogP contribution in [0.2, 0.25) is 0 Å². The summed E-state index contributed by atoms with van der Waals surface area (Å²) >= 11 is 0. The minimum atomic E-state index is -0.741. The molecule has 0 aromatic heterocycles. The molecule has 0 saturated carbocycles. The maximum Gasteiger partial charge on any atom is 0.333 e. The molecule has 0 radical (unpaired) electrons. The normalized spacial score (nSPS) is 12.2. The van der Waals surface area contributed by atoms with E-state index in [1.165, 1.54) is 7.11 Å². The van der Waals surface area contributed by atoms with E-state index < -0.39 is 11.0 Å². The molecule has 0 aliphatic heterocycles. The molecule has 0 spiro atoms. The van der Waals surface area contributed by atoms with Crippen LogP contribution in [0.4, 0.5) is 11.4 Å². The average molecular weight is 284 g/mol. The number of nitro groups is 1. The van der Waals surface area contributed by atoms with Crippen molar-refractivity contribution in [3.63, 3.8) is 0 Å². The first-order valence-electron chi connectivity index (χ1n) is 6.30. The van der Waals surface area contributed by atoms with E-state index in [-0.39, 0.29) is 30.7 Å². The molecule has 2 N–H and O–H groups in total. The smallest absolute Gasteiger partial charge is 0.333 e. The van der Waals surface area contributed by atoms with Gasteiger partial charge in [0.2, 0.25) is 0 Å². The lowest BCUT2D eigenvalue weighted by Crippen LogP contribution is -2.24. The van der Waals surface area contributed by atoms with Gasteiger partial charge in [-0.25, -0.2) is 0 Å². The van der Waals surface area contributed by atoms with Crippen molar-refractivity contribution in [2.24, 2.45) is 0 Å². The molecule has 7 nitrogen and oxygen atoms in total. The first-order valence-corrected chi connectivity index (χ1v) is 6.30. The van der Waals surface area contributed by atoms with E-state index in [9.17, 15) is 15.2 Å². The van der Waals surface area contributed by atoms with Crippen LogP contribution in [0.15, 0.2) is 18.2 Å². The lowest BCUT2D eigenvalue weighted by Gasteiger charge is -2.15. The summed E-state index contributed by atoms with van der Waals surface area (Å²) in [5.41, 5.74) is 0.175. The summed E-state index contributed by atoms with van der Waals surface area (Å²) in [5.74, 6) is 0.205. The molecular weight excluding hydrogens is 264 g/mol. The van der Waals surface area contributed by atoms with Crippen LogP contribution in [0, 0.1) is 10.1 Å². The van der Waals surface area contributed by atoms with Gasteiger partial charge in [-0.1, -0.05) is 6.07 Å². The summed E-state index contributed by atoms with van der Waals surface area (Å²) in [7, 11) is 1.47. The number of anilines is 1. The Bertz CT molecular complexity index is 450. The van der Waals surface area contributed by atoms with E-state index >= 15 is 0 Å². The molecular formula is C13H20N2O5. The lowest BCUT2D eigenvalue weighted by molar-refractivity contribution is -0.385. The highest BCUT2D eigenvalue weighted by atomic mass is 16.6. The van der Waals surface area contributed by atoms with Gasteiger partial charge in [-0.3, -0.25) is 10.1 Å². The Hall–Kier alpha value is -1.86. The van der Waals surface area contributed by atoms with Gasteiger partial charge in [-0.2, -0.15) is 0 Å². The Labute approximate surface area is 117 Å². The fraction of sp³-hybridized carbons (Fsp3) is 0.538. The molecule has 1 aromatic carbocycles. The Morgan fingerprint density at radius 1 is 1.45 bits per heavy atom. The number of nitrogens with zero attached hydrogens (tertiary/aromatic N) is 1. The molecule has 0 amide bonds. The molecule has 0 saturated heterocycles. The average Bonchev–Trinajstić information content (AvgIpc) is 2.35. The van der Waals surface area contributed by atoms with Gasteiger partial charge in [0, 0.05) is 13.7 Å². The molecule has 0 bridgehead atoms. The molecule has 1 aromatic rings. The van der Waals surface area contributed by atoms with E-state index in [0.29, 0.717) is 5.69 Å². The van der Waals surface area contributed by atoms with Gasteiger partial charge in [-0.05, 0) is 26.0 Å². The quantitative estimate of drug-likeness (QED) is 0.558. The minimum Gasteiger partial charge on any atom is -0.484 e. The zero-order valence-electron chi connectivity index (χ0n) is 11.8. The zero-order valence-corrected chi connectivity index (χ0v) is 11.8. The number of nitrogens with one attached hydrogen (secondary N) is 1. The minimum absolute atomic E-state index is 0.134. The molecule has 20 heavy (non-hydrogen) atoms. The van der Waals surface area contributed by atoms with Crippen LogP contribution in [0.3, 0.4) is 0 Å². The molecule has 1 rings (SSSR count). The van der Waals surface area contributed by atoms with Crippen molar-refractivity contribution in [1.82, 2.24) is 0 Å². The second-order valence-corrected chi connectivity index (χ2v) is 4.57. The summed E-state index contributed by atoms with van der Waals surface area (Å²) in [6.45, 7) is 3.90. The standard InChI is InChI=1S/C13H20N2O5/c1-9(2)20-12-6-4-5-11(13(12)15(17)18)14-7-10(16)8-19-3/h4-6,9-10,14,16H,7-8H2,1-3H3. The summed E-state index contributed by atoms with van der Waals surface area (Å²) in [4.78, 5) is 10.7. The van der Waals surface area contributed by atoms with Gasteiger partial charge >= 0.3 is 5.69 Å². The summed E-state index contributed by atoms with van der Waals surface area (Å²) in [5, 5.41) is 23.6. The SMILES string of the molecule is COCC(O)CNc1cccc(OC(C)C)c1[N+](=O)[O-]. The van der Waals surface area contributed by atoms with E-state index in [2.05, 4.69) is 5.32 Å². The number of ether oxygens (including phenoxy) is 2. The van der Waals surface area contributed by atoms with Crippen LogP contribution in [0.25, 0.3) is 0 Å². The largest absolute Gasteiger partial charge is 0.484 e. The number of hydrogen-bond donors (Lipinski definition) is 2. The first-order chi connectivity index (χ1) is 9.45. The van der Waals surface area contributed by atoms with Gasteiger partial charge < -0.3 is 19.9 Å². The molecule has 0 aliphatic carbocycles. The van der Waals surface area contributed by atoms with Crippen LogP contribution in [-0.2, 0) is 4.74 Å². The molecule has 0 heterocycles. The highest BCUT2D eigenvalue weighted by Gasteiger charge is 2.22. The monoisotopic (exact) mass is 284 g/mol. The highest BCUT2D eigenvalue weighted by molar-refractivity contribution is 5.68. The summed E-state index contributed by atoms with van der Waals surface area (Å²) in [6, 6.07) is 4.79. The maximum absolute atomic E-state index is 11.2. The number of methoxy groups -OCH3 is 1. The number of rotatable bonds is 8. The van der Waals surface area contributed by atoms with Crippen molar-refractivity contribution in [3.8, 4) is 5.75 Å². The Kier molecular flexibility index (Phi) is 6.20. The summed E-state index contributed by atoms with van der Waals surface area (Å²) in [6.07, 6.45) is -0.905. The van der Waals surface area contributed by atoms with Gasteiger partial charge in [-0.15, -0.1) is 0 Å². The predicted molar refractivity (Wildman–Crippen MR) is 75.2 cm³/mol. The van der Waals surface area contributed by atoms with Gasteiger partial charge in [0.15, 0.2) is 5.75 Å². The first kappa shape index (κ1) is 16.2. The zero-order chi connectivity index (χ0) is 15.1. The van der Waals surface area contributed by atoms with Crippen molar-refractivity contribution in [3.05, 3.63) is 28.3 Å². The van der Waals surface area contributed by atoms with E-state index in [4.69, 9.17) is 9.47 Å². The topological polar surface area (TPSA) is 93.9 Å². The molecule has 0 fully saturated rings. The Balaban J connectivity index is 2.92. The summed E-state index contributed by atoms with van der Waals surface area (Å²) < 4.78 is 10.2. The maximum atomic E-state index is 11.2. The van der Waals surface area contributed by atoms with Gasteiger partial charge in [0.25, 0.3) is 0 Å². The van der Waals surface area contributed by atoms with Crippen LogP contribution < -0.4 is 10.1 Å². The lowest BCUT2D eigenvalue weighted by atomic mass is 10.2. The van der Waals surface area contributed by atoms with Crippen LogP contribution in [0.5, 0.6) is 5.75 Å². The van der Waals surface area contributed by atoms with Crippen molar-refractivity contribution < 1.29 is 19.5 Å². The number of hydrogen-bond acceptors (Lipinski definition) is 6. The second-order valence-electron chi connectivity index (χ2n) is 4.57. The third-order valence-corrected chi connectivity index (χ3v) is 2.43. The third-order valence-electron chi connectivity index (χ3n) is 2.43. The number of aliphatic hydroxyl groups is 1. The molecule has 7 heteroatoms. The fourth-order valence-corrected chi connectivity index (χ4v) is 1.68. The van der Waals surface area contributed by atoms with Crippen molar-refractivity contribution in [2.45, 2.75) is 26.1 Å². The van der Waals surface area contributed by atoms with Crippen molar-refractivity contribution >= 4 is 11.4 Å². The van der Waals surface area contributed by atoms with Crippen molar-refractivity contribution in [1.29, 1.82) is 0 Å². The van der Waals surface area contributed by atoms with Crippen LogP contribution in [-0.4, -0.2) is 42.5 Å². The number of benzene rings is 1. The van der Waals surface area contributed by atoms with Crippen LogP contribution in [0.1, 0.15) is 13.8 Å². The molecule has 112 valence electrons. The van der Waals surface area contributed by atoms with Gasteiger partial charge in [0.1, 0.15) is 5.69 Å². The van der Waals surface area contributed by atoms with E-state index in [0.717, 1.165) is 0 Å². The highest BCUT2D eigenvalue weighted by Crippen LogP contribution is 2.35. The van der Waals surface area contributed by atoms with Crippen LogP contribution >= 0.6 is 0 Å². The molecule has 1 unspecified atom stereocenters. The number of para-hydroxylation sites is 1. The Morgan fingerprint density at radius 3 is 2.70 bits per heavy atom. The molecule has 1 atom stereocenters. The van der Waals surface area contributed by atoms with E-state index in [1.807, 2.05) is 0 Å². The molecule has 0 aliphatic rings. The second kappa shape index (κ2) is 7.66. The van der Waals surface area contributed by atoms with Crippen molar-refractivity contribution in [2.75, 3.05) is 25.6 Å². The fourth-order valence-electron chi connectivity index (χ4n) is 1.68.